The van der Waals surface area contributed by atoms with Crippen LogP contribution in [0.25, 0.3) is 0 Å². The predicted octanol–water partition coefficient (Wildman–Crippen LogP) is 2.85. The maximum absolute atomic E-state index is 5.64. The lowest BCUT2D eigenvalue weighted by Gasteiger charge is -2.25. The van der Waals surface area contributed by atoms with E-state index in [1.54, 1.807) is 31.5 Å². The van der Waals surface area contributed by atoms with Gasteiger partial charge in [0.1, 0.15) is 12.4 Å². The smallest absolute Gasteiger partial charge is 0.224 e. The highest BCUT2D eigenvalue weighted by molar-refractivity contribution is 6.28. The van der Waals surface area contributed by atoms with Crippen LogP contribution in [0.3, 0.4) is 0 Å². The molecule has 0 unspecified atom stereocenters. The molecule has 2 heterocycles. The number of likely N-dealkylation sites (N-methyl/N-ethyl adjacent to an activating group) is 1. The van der Waals surface area contributed by atoms with Crippen LogP contribution in [0, 0.1) is 0 Å². The zero-order chi connectivity index (χ0) is 15.0. The molecule has 0 bridgehead atoms. The van der Waals surface area contributed by atoms with E-state index in [0.717, 1.165) is 18.1 Å². The van der Waals surface area contributed by atoms with Crippen LogP contribution in [0.5, 0.6) is 5.75 Å². The number of ether oxygens (including phenoxy) is 2. The van der Waals surface area contributed by atoms with Crippen molar-refractivity contribution < 1.29 is 9.47 Å². The third kappa shape index (κ3) is 4.59. The zero-order valence-corrected chi connectivity index (χ0v) is 12.4. The molecule has 108 valence electrons. The molecule has 1 aliphatic heterocycles. The van der Waals surface area contributed by atoms with E-state index in [-0.39, 0.29) is 5.28 Å². The lowest BCUT2D eigenvalue weighted by molar-refractivity contribution is 0.307. The van der Waals surface area contributed by atoms with Crippen molar-refractivity contribution in [1.29, 1.82) is 0 Å². The summed E-state index contributed by atoms with van der Waals surface area (Å²) in [6.45, 7) is 8.51. The molecule has 20 heavy (non-hydrogen) atoms. The highest BCUT2D eigenvalue weighted by Crippen LogP contribution is 2.27. The summed E-state index contributed by atoms with van der Waals surface area (Å²) in [5, 5.41) is 0.256. The minimum Gasteiger partial charge on any atom is -0.497 e. The number of methoxy groups -OCH3 is 1. The maximum atomic E-state index is 5.64. The molecule has 0 saturated heterocycles. The van der Waals surface area contributed by atoms with E-state index in [2.05, 4.69) is 23.1 Å². The molecule has 0 saturated carbocycles. The fraction of sp³-hybridized carbons (Fsp3) is 0.286. The Kier molecular flexibility index (Phi) is 6.59. The minimum atomic E-state index is 0.256. The van der Waals surface area contributed by atoms with Crippen LogP contribution in [0.4, 0.5) is 5.82 Å². The Bertz CT molecular complexity index is 503. The third-order valence-corrected chi connectivity index (χ3v) is 2.65. The molecule has 0 fully saturated rings. The average molecular weight is 296 g/mol. The number of hydrogen-bond donors (Lipinski definition) is 0. The van der Waals surface area contributed by atoms with Gasteiger partial charge in [-0.3, -0.25) is 0 Å². The summed E-state index contributed by atoms with van der Waals surface area (Å²) in [7, 11) is 3.54. The summed E-state index contributed by atoms with van der Waals surface area (Å²) in [4.78, 5) is 9.87. The summed E-state index contributed by atoms with van der Waals surface area (Å²) in [6, 6.07) is 0. The first-order valence-electron chi connectivity index (χ1n) is 5.98. The van der Waals surface area contributed by atoms with E-state index in [4.69, 9.17) is 21.1 Å². The van der Waals surface area contributed by atoms with Crippen LogP contribution in [0.1, 0.15) is 0 Å². The second-order valence-electron chi connectivity index (χ2n) is 3.81. The molecular formula is C14H18ClN3O2. The number of aromatic nitrogens is 2. The van der Waals surface area contributed by atoms with Gasteiger partial charge in [-0.05, 0) is 23.8 Å². The molecule has 5 nitrogen and oxygen atoms in total. The van der Waals surface area contributed by atoms with E-state index >= 15 is 0 Å². The van der Waals surface area contributed by atoms with Crippen molar-refractivity contribution >= 4 is 17.4 Å². The second kappa shape index (κ2) is 8.22. The molecule has 0 spiro atoms. The van der Waals surface area contributed by atoms with Crippen LogP contribution in [-0.4, -0.2) is 37.3 Å². The standard InChI is InChI=1S/C7H8ClN3O.C7H10O/c1-11-2-3-12-5-4-9-7(8)10-6(5)11;1-4-6-7(5-2)8-3/h4H,2-3H2,1H3;4-6H,1-2H2,3H3/b;7-6+. The molecule has 0 aliphatic carbocycles. The van der Waals surface area contributed by atoms with Gasteiger partial charge < -0.3 is 14.4 Å². The normalized spacial score (nSPS) is 13.3. The Morgan fingerprint density at radius 1 is 1.55 bits per heavy atom. The summed E-state index contributed by atoms with van der Waals surface area (Å²) in [6.07, 6.45) is 6.62. The van der Waals surface area contributed by atoms with Gasteiger partial charge in [0.15, 0.2) is 11.6 Å². The number of allylic oxidation sites excluding steroid dienone is 3. The number of anilines is 1. The largest absolute Gasteiger partial charge is 0.497 e. The highest BCUT2D eigenvalue weighted by atomic mass is 35.5. The third-order valence-electron chi connectivity index (χ3n) is 2.47. The van der Waals surface area contributed by atoms with Crippen molar-refractivity contribution in [3.8, 4) is 5.75 Å². The van der Waals surface area contributed by atoms with Gasteiger partial charge >= 0.3 is 0 Å². The van der Waals surface area contributed by atoms with Gasteiger partial charge in [0.25, 0.3) is 0 Å². The predicted molar refractivity (Wildman–Crippen MR) is 81.3 cm³/mol. The Hall–Kier alpha value is -2.01. The van der Waals surface area contributed by atoms with Gasteiger partial charge in [0, 0.05) is 7.05 Å². The summed E-state index contributed by atoms with van der Waals surface area (Å²) in [5.74, 6) is 2.20. The molecule has 1 aromatic rings. The number of fused-ring (bicyclic) bond motifs is 1. The first-order valence-corrected chi connectivity index (χ1v) is 6.35. The SMILES string of the molecule is C=C/C=C(\C=C)OC.CN1CCOc2cnc(Cl)nc21. The molecular weight excluding hydrogens is 278 g/mol. The fourth-order valence-electron chi connectivity index (χ4n) is 1.45. The van der Waals surface area contributed by atoms with E-state index in [9.17, 15) is 0 Å². The molecule has 0 atom stereocenters. The molecule has 1 aliphatic rings. The van der Waals surface area contributed by atoms with E-state index in [1.807, 2.05) is 11.9 Å². The zero-order valence-electron chi connectivity index (χ0n) is 11.7. The van der Waals surface area contributed by atoms with Gasteiger partial charge in [-0.15, -0.1) is 0 Å². The van der Waals surface area contributed by atoms with E-state index in [1.165, 1.54) is 0 Å². The number of hydrogen-bond acceptors (Lipinski definition) is 5. The topological polar surface area (TPSA) is 47.5 Å². The van der Waals surface area contributed by atoms with Crippen LogP contribution < -0.4 is 9.64 Å². The van der Waals surface area contributed by atoms with Crippen molar-refractivity contribution in [3.05, 3.63) is 48.6 Å². The Balaban J connectivity index is 0.000000221. The highest BCUT2D eigenvalue weighted by Gasteiger charge is 2.16. The Labute approximate surface area is 124 Å². The number of halogens is 1. The van der Waals surface area contributed by atoms with Gasteiger partial charge in [-0.25, -0.2) is 4.98 Å². The van der Waals surface area contributed by atoms with Gasteiger partial charge in [-0.2, -0.15) is 4.98 Å². The Morgan fingerprint density at radius 3 is 2.85 bits per heavy atom. The lowest BCUT2D eigenvalue weighted by atomic mass is 10.4. The van der Waals surface area contributed by atoms with Gasteiger partial charge in [-0.1, -0.05) is 19.2 Å². The summed E-state index contributed by atoms with van der Waals surface area (Å²) >= 11 is 5.64. The first kappa shape index (κ1) is 16.0. The average Bonchev–Trinajstić information content (AvgIpc) is 2.46. The van der Waals surface area contributed by atoms with Crippen molar-refractivity contribution in [1.82, 2.24) is 9.97 Å². The van der Waals surface area contributed by atoms with Gasteiger partial charge in [0.2, 0.25) is 5.28 Å². The number of rotatable bonds is 3. The van der Waals surface area contributed by atoms with Crippen molar-refractivity contribution in [2.75, 3.05) is 32.2 Å². The minimum absolute atomic E-state index is 0.256. The van der Waals surface area contributed by atoms with E-state index < -0.39 is 0 Å². The van der Waals surface area contributed by atoms with Crippen LogP contribution in [0.2, 0.25) is 5.28 Å². The summed E-state index contributed by atoms with van der Waals surface area (Å²) in [5.41, 5.74) is 0. The quantitative estimate of drug-likeness (QED) is 0.487. The van der Waals surface area contributed by atoms with E-state index in [0.29, 0.717) is 12.4 Å². The number of nitrogens with zero attached hydrogens (tertiary/aromatic N) is 3. The van der Waals surface area contributed by atoms with Gasteiger partial charge in [0.05, 0.1) is 19.9 Å². The van der Waals surface area contributed by atoms with Crippen LogP contribution in [0.15, 0.2) is 43.3 Å². The maximum Gasteiger partial charge on any atom is 0.224 e. The molecule has 0 N–H and O–H groups in total. The monoisotopic (exact) mass is 295 g/mol. The molecule has 0 radical (unpaired) electrons. The lowest BCUT2D eigenvalue weighted by Crippen LogP contribution is -2.29. The molecule has 1 aromatic heterocycles. The second-order valence-corrected chi connectivity index (χ2v) is 4.15. The van der Waals surface area contributed by atoms with Crippen molar-refractivity contribution in [2.24, 2.45) is 0 Å². The first-order chi connectivity index (χ1) is 9.62. The Morgan fingerprint density at radius 2 is 2.30 bits per heavy atom. The van der Waals surface area contributed by atoms with Crippen LogP contribution >= 0.6 is 11.6 Å². The summed E-state index contributed by atoms with van der Waals surface area (Å²) < 4.78 is 10.1. The molecule has 6 heteroatoms. The fourth-order valence-corrected chi connectivity index (χ4v) is 1.58. The molecule has 2 rings (SSSR count). The van der Waals surface area contributed by atoms with Crippen LogP contribution in [-0.2, 0) is 4.74 Å². The van der Waals surface area contributed by atoms with Crippen molar-refractivity contribution in [3.63, 3.8) is 0 Å². The van der Waals surface area contributed by atoms with Crippen molar-refractivity contribution in [2.45, 2.75) is 0 Å². The molecule has 0 amide bonds. The molecule has 0 aromatic carbocycles.